The van der Waals surface area contributed by atoms with Crippen LogP contribution in [0, 0.1) is 0 Å². The topological polar surface area (TPSA) is 122 Å². The Bertz CT molecular complexity index is 896. The van der Waals surface area contributed by atoms with Crippen LogP contribution in [0.2, 0.25) is 0 Å². The summed E-state index contributed by atoms with van der Waals surface area (Å²) in [5, 5.41) is 6.91. The van der Waals surface area contributed by atoms with Gasteiger partial charge in [-0.25, -0.2) is 9.40 Å². The van der Waals surface area contributed by atoms with E-state index in [4.69, 9.17) is 9.29 Å². The van der Waals surface area contributed by atoms with E-state index in [-0.39, 0.29) is 5.95 Å². The van der Waals surface area contributed by atoms with E-state index in [1.54, 1.807) is 7.05 Å². The van der Waals surface area contributed by atoms with E-state index in [1.807, 2.05) is 16.9 Å². The number of aryl methyl sites for hydroxylation is 1. The molecule has 10 nitrogen and oxygen atoms in total. The van der Waals surface area contributed by atoms with Gasteiger partial charge in [-0.2, -0.15) is 13.4 Å². The summed E-state index contributed by atoms with van der Waals surface area (Å²) in [5.74, 6) is 1.05. The highest BCUT2D eigenvalue weighted by molar-refractivity contribution is 7.87. The zero-order valence-electron chi connectivity index (χ0n) is 16.5. The van der Waals surface area contributed by atoms with E-state index >= 15 is 0 Å². The predicted molar refractivity (Wildman–Crippen MR) is 110 cm³/mol. The first-order valence-electron chi connectivity index (χ1n) is 9.73. The van der Waals surface area contributed by atoms with Crippen molar-refractivity contribution in [1.82, 2.24) is 19.7 Å². The molecule has 160 valence electrons. The summed E-state index contributed by atoms with van der Waals surface area (Å²) < 4.78 is 39.4. The number of likely N-dealkylation sites (tertiary alicyclic amines) is 1. The third-order valence-corrected chi connectivity index (χ3v) is 5.05. The number of hydrogen-bond donors (Lipinski definition) is 3. The molecule has 1 aliphatic heterocycles. The number of nitrogens with one attached hydrogen (secondary N) is 2. The van der Waals surface area contributed by atoms with Crippen LogP contribution >= 0.6 is 0 Å². The smallest absolute Gasteiger partial charge is 0.359 e. The Balaban J connectivity index is 1.40. The van der Waals surface area contributed by atoms with Gasteiger partial charge in [-0.3, -0.25) is 9.45 Å². The molecular weight excluding hydrogens is 396 g/mol. The maximum absolute atomic E-state index is 10.8. The molecule has 3 rings (SSSR count). The molecule has 11 heteroatoms. The highest BCUT2D eigenvalue weighted by atomic mass is 32.2. The van der Waals surface area contributed by atoms with Gasteiger partial charge in [0.25, 0.3) is 5.95 Å². The van der Waals surface area contributed by atoms with Crippen LogP contribution in [-0.4, -0.2) is 58.9 Å². The number of benzene rings is 1. The SMILES string of the molecule is Cn1nc(NS(=O)(=O)O)nc1NCCCOc1cccc(CN2CCCCC2)c1. The van der Waals surface area contributed by atoms with E-state index in [2.05, 4.69) is 32.4 Å². The molecule has 0 saturated carbocycles. The van der Waals surface area contributed by atoms with E-state index < -0.39 is 10.3 Å². The van der Waals surface area contributed by atoms with Crippen molar-refractivity contribution < 1.29 is 17.7 Å². The largest absolute Gasteiger partial charge is 0.494 e. The van der Waals surface area contributed by atoms with Crippen LogP contribution in [0.4, 0.5) is 11.9 Å². The lowest BCUT2D eigenvalue weighted by molar-refractivity contribution is 0.220. The fraction of sp³-hybridized carbons (Fsp3) is 0.556. The van der Waals surface area contributed by atoms with Crippen molar-refractivity contribution in [3.05, 3.63) is 29.8 Å². The van der Waals surface area contributed by atoms with Crippen LogP contribution in [0.1, 0.15) is 31.2 Å². The molecule has 0 atom stereocenters. The lowest BCUT2D eigenvalue weighted by atomic mass is 10.1. The molecule has 2 heterocycles. The molecule has 29 heavy (non-hydrogen) atoms. The fourth-order valence-corrected chi connectivity index (χ4v) is 3.59. The van der Waals surface area contributed by atoms with Gasteiger partial charge >= 0.3 is 10.3 Å². The third-order valence-electron chi connectivity index (χ3n) is 4.61. The van der Waals surface area contributed by atoms with Crippen molar-refractivity contribution in [2.24, 2.45) is 7.05 Å². The van der Waals surface area contributed by atoms with Crippen LogP contribution in [0.5, 0.6) is 5.75 Å². The van der Waals surface area contributed by atoms with Crippen molar-refractivity contribution >= 4 is 22.2 Å². The molecular formula is C18H28N6O4S. The quantitative estimate of drug-likeness (QED) is 0.390. The first-order chi connectivity index (χ1) is 13.9. The minimum atomic E-state index is -4.39. The van der Waals surface area contributed by atoms with E-state index in [0.29, 0.717) is 19.1 Å². The molecule has 1 aromatic carbocycles. The van der Waals surface area contributed by atoms with Crippen LogP contribution in [0.25, 0.3) is 0 Å². The zero-order valence-corrected chi connectivity index (χ0v) is 17.4. The van der Waals surface area contributed by atoms with Crippen molar-refractivity contribution in [2.75, 3.05) is 36.3 Å². The van der Waals surface area contributed by atoms with E-state index in [1.165, 1.54) is 42.6 Å². The first kappa shape index (κ1) is 21.3. The van der Waals surface area contributed by atoms with Gasteiger partial charge < -0.3 is 10.1 Å². The van der Waals surface area contributed by atoms with Crippen molar-refractivity contribution in [3.63, 3.8) is 0 Å². The minimum absolute atomic E-state index is 0.195. The molecule has 1 fully saturated rings. The van der Waals surface area contributed by atoms with Crippen LogP contribution in [0.15, 0.2) is 24.3 Å². The Morgan fingerprint density at radius 1 is 1.24 bits per heavy atom. The zero-order chi connectivity index (χ0) is 20.7. The number of hydrogen-bond acceptors (Lipinski definition) is 7. The average Bonchev–Trinajstić information content (AvgIpc) is 3.00. The van der Waals surface area contributed by atoms with Gasteiger partial charge in [-0.15, -0.1) is 5.10 Å². The number of piperidine rings is 1. The Morgan fingerprint density at radius 3 is 2.79 bits per heavy atom. The summed E-state index contributed by atoms with van der Waals surface area (Å²) in [6.45, 7) is 4.41. The van der Waals surface area contributed by atoms with E-state index in [0.717, 1.165) is 18.7 Å². The standard InChI is InChI=1S/C18H28N6O4S/c1-23-18(20-17(21-23)22-29(25,26)27)19-9-6-12-28-16-8-5-7-15(13-16)14-24-10-3-2-4-11-24/h5,7-8,13H,2-4,6,9-12,14H2,1H3,(H,25,26,27)(H2,19,20,21,22). The Labute approximate surface area is 171 Å². The second kappa shape index (κ2) is 9.90. The molecule has 3 N–H and O–H groups in total. The average molecular weight is 425 g/mol. The van der Waals surface area contributed by atoms with Crippen LogP contribution in [0.3, 0.4) is 0 Å². The summed E-state index contributed by atoms with van der Waals surface area (Å²) in [6.07, 6.45) is 4.62. The number of aromatic nitrogens is 3. The van der Waals surface area contributed by atoms with Gasteiger partial charge in [0.2, 0.25) is 5.95 Å². The molecule has 0 radical (unpaired) electrons. The summed E-state index contributed by atoms with van der Waals surface area (Å²) >= 11 is 0. The molecule has 2 aromatic rings. The second-order valence-electron chi connectivity index (χ2n) is 7.07. The van der Waals surface area contributed by atoms with Crippen LogP contribution in [-0.2, 0) is 23.9 Å². The summed E-state index contributed by atoms with van der Waals surface area (Å²) in [7, 11) is -2.77. The van der Waals surface area contributed by atoms with Gasteiger partial charge in [0.1, 0.15) is 5.75 Å². The highest BCUT2D eigenvalue weighted by Crippen LogP contribution is 2.18. The maximum Gasteiger partial charge on any atom is 0.359 e. The van der Waals surface area contributed by atoms with Crippen molar-refractivity contribution in [3.8, 4) is 5.75 Å². The van der Waals surface area contributed by atoms with Crippen molar-refractivity contribution in [1.29, 1.82) is 0 Å². The third kappa shape index (κ3) is 7.18. The van der Waals surface area contributed by atoms with Gasteiger partial charge in [0, 0.05) is 20.1 Å². The molecule has 1 saturated heterocycles. The monoisotopic (exact) mass is 424 g/mol. The van der Waals surface area contributed by atoms with Gasteiger partial charge in [0.15, 0.2) is 0 Å². The van der Waals surface area contributed by atoms with Gasteiger partial charge in [-0.1, -0.05) is 18.6 Å². The Kier molecular flexibility index (Phi) is 7.29. The summed E-state index contributed by atoms with van der Waals surface area (Å²) in [5.41, 5.74) is 1.26. The molecule has 0 amide bonds. The second-order valence-corrected chi connectivity index (χ2v) is 8.23. The molecule has 0 aliphatic carbocycles. The summed E-state index contributed by atoms with van der Waals surface area (Å²) in [6, 6.07) is 8.21. The normalized spacial score (nSPS) is 15.2. The Morgan fingerprint density at radius 2 is 2.03 bits per heavy atom. The van der Waals surface area contributed by atoms with Gasteiger partial charge in [0.05, 0.1) is 6.61 Å². The number of ether oxygens (including phenoxy) is 1. The Hall–Kier alpha value is -2.37. The maximum atomic E-state index is 10.8. The molecule has 0 spiro atoms. The number of rotatable bonds is 10. The van der Waals surface area contributed by atoms with Gasteiger partial charge in [-0.05, 0) is 50.0 Å². The lowest BCUT2D eigenvalue weighted by Gasteiger charge is -2.26. The van der Waals surface area contributed by atoms with Crippen molar-refractivity contribution in [2.45, 2.75) is 32.2 Å². The highest BCUT2D eigenvalue weighted by Gasteiger charge is 2.12. The molecule has 1 aromatic heterocycles. The van der Waals surface area contributed by atoms with E-state index in [9.17, 15) is 8.42 Å². The van der Waals surface area contributed by atoms with Crippen LogP contribution < -0.4 is 14.8 Å². The minimum Gasteiger partial charge on any atom is -0.494 e. The molecule has 1 aliphatic rings. The molecule has 0 bridgehead atoms. The fourth-order valence-electron chi connectivity index (χ4n) is 3.27. The number of nitrogens with zero attached hydrogens (tertiary/aromatic N) is 4. The number of anilines is 2. The lowest BCUT2D eigenvalue weighted by Crippen LogP contribution is -2.29. The molecule has 0 unspecified atom stereocenters. The first-order valence-corrected chi connectivity index (χ1v) is 11.2. The predicted octanol–water partition coefficient (Wildman–Crippen LogP) is 1.90. The summed E-state index contributed by atoms with van der Waals surface area (Å²) in [4.78, 5) is 6.45.